The van der Waals surface area contributed by atoms with E-state index in [1.807, 2.05) is 69.3 Å². The first-order valence-corrected chi connectivity index (χ1v) is 25.2. The average Bonchev–Trinajstić information content (AvgIpc) is 3.73. The van der Waals surface area contributed by atoms with Gasteiger partial charge < -0.3 is 19.7 Å². The summed E-state index contributed by atoms with van der Waals surface area (Å²) >= 11 is 1.42. The fourth-order valence-corrected chi connectivity index (χ4v) is 11.0. The Bertz CT molecular complexity index is 2580. The largest absolute Gasteiger partial charge is 0.490 e. The van der Waals surface area contributed by atoms with Crippen LogP contribution in [0.3, 0.4) is 0 Å². The van der Waals surface area contributed by atoms with E-state index in [2.05, 4.69) is 25.2 Å². The SMILES string of the molecule is CCCS(=O)(=O)Nc1cccc(-c2nc(C(C)(C)C)sc2-c2ccnc(Nc3cccc(OC4CCN(CC5CCC(Oc6ccc(C7CCC(=O)NC7=O)cc6)CC5)CC4)c3)n2)c1F. The number of imide groups is 1. The number of carbonyl (C=O) groups is 2. The van der Waals surface area contributed by atoms with Gasteiger partial charge in [0.15, 0.2) is 5.82 Å². The number of amides is 2. The van der Waals surface area contributed by atoms with Crippen LogP contribution in [0.1, 0.15) is 102 Å². The highest BCUT2D eigenvalue weighted by atomic mass is 32.2. The molecule has 13 nitrogen and oxygen atoms in total. The van der Waals surface area contributed by atoms with E-state index in [-0.39, 0.29) is 52.4 Å². The number of likely N-dealkylation sites (tertiary alicyclic amines) is 1. The molecule has 1 unspecified atom stereocenters. The predicted octanol–water partition coefficient (Wildman–Crippen LogP) is 9.60. The number of nitrogens with one attached hydrogen (secondary N) is 3. The Morgan fingerprint density at radius 3 is 2.32 bits per heavy atom. The van der Waals surface area contributed by atoms with Gasteiger partial charge in [-0.3, -0.25) is 19.6 Å². The molecular formula is C49H58FN7O6S2. The Morgan fingerprint density at radius 1 is 0.877 bits per heavy atom. The monoisotopic (exact) mass is 923 g/mol. The van der Waals surface area contributed by atoms with Gasteiger partial charge in [-0.1, -0.05) is 52.0 Å². The van der Waals surface area contributed by atoms with E-state index in [0.717, 1.165) is 85.9 Å². The Morgan fingerprint density at radius 2 is 1.60 bits per heavy atom. The summed E-state index contributed by atoms with van der Waals surface area (Å²) in [6.07, 6.45) is 9.43. The standard InChI is InChI=1S/C49H58FN7O6S2/c1-5-28-65(60,61)56-40-11-7-10-39(43(40)50)44-45(64-47(55-44)49(2,3)4)41-22-25-51-48(53-41)52-33-8-6-9-37(29-33)63-36-23-26-57(27-24-36)30-31-12-16-34(17-13-31)62-35-18-14-32(15-19-35)38-20-21-42(58)54-46(38)59/h6-11,14-15,18-19,22,25,29,31,34,36,38,56H,5,12-13,16-17,20-21,23-24,26-28,30H2,1-4H3,(H,51,52,53)(H,54,58,59). The fraction of sp³-hybridized carbons (Fsp3) is 0.449. The molecule has 16 heteroatoms. The van der Waals surface area contributed by atoms with Gasteiger partial charge in [0.1, 0.15) is 17.6 Å². The quantitative estimate of drug-likeness (QED) is 0.0857. The zero-order valence-electron chi connectivity index (χ0n) is 37.4. The highest BCUT2D eigenvalue weighted by Gasteiger charge is 2.30. The van der Waals surface area contributed by atoms with Crippen molar-refractivity contribution in [2.45, 2.75) is 109 Å². The number of rotatable bonds is 15. The molecule has 2 saturated heterocycles. The molecule has 3 N–H and O–H groups in total. The molecule has 65 heavy (non-hydrogen) atoms. The van der Waals surface area contributed by atoms with Gasteiger partial charge in [0.25, 0.3) is 0 Å². The molecule has 0 radical (unpaired) electrons. The van der Waals surface area contributed by atoms with Crippen molar-refractivity contribution in [3.63, 3.8) is 0 Å². The normalized spacial score (nSPS) is 20.0. The summed E-state index contributed by atoms with van der Waals surface area (Å²) in [7, 11) is -3.72. The van der Waals surface area contributed by atoms with Crippen LogP contribution in [0.25, 0.3) is 21.8 Å². The van der Waals surface area contributed by atoms with Crippen LogP contribution < -0.4 is 24.8 Å². The van der Waals surface area contributed by atoms with Crippen molar-refractivity contribution in [3.8, 4) is 33.3 Å². The molecule has 0 spiro atoms. The number of benzene rings is 3. The van der Waals surface area contributed by atoms with Gasteiger partial charge in [-0.2, -0.15) is 0 Å². The number of halogens is 1. The number of carbonyl (C=O) groups excluding carboxylic acids is 2. The van der Waals surface area contributed by atoms with Crippen LogP contribution in [0.2, 0.25) is 0 Å². The van der Waals surface area contributed by atoms with E-state index in [4.69, 9.17) is 19.4 Å². The van der Waals surface area contributed by atoms with Crippen LogP contribution in [-0.2, 0) is 25.0 Å². The molecule has 2 aromatic heterocycles. The second-order valence-electron chi connectivity index (χ2n) is 18.4. The molecule has 344 valence electrons. The van der Waals surface area contributed by atoms with E-state index in [0.29, 0.717) is 47.4 Å². The third-order valence-corrected chi connectivity index (χ3v) is 15.2. The molecule has 1 saturated carbocycles. The van der Waals surface area contributed by atoms with Crippen LogP contribution in [0.15, 0.2) is 79.0 Å². The molecule has 3 aromatic carbocycles. The molecule has 2 aliphatic heterocycles. The van der Waals surface area contributed by atoms with Crippen molar-refractivity contribution in [1.29, 1.82) is 0 Å². The summed E-state index contributed by atoms with van der Waals surface area (Å²) in [6.45, 7) is 10.9. The van der Waals surface area contributed by atoms with E-state index < -0.39 is 15.8 Å². The maximum Gasteiger partial charge on any atom is 0.234 e. The lowest BCUT2D eigenvalue weighted by atomic mass is 9.86. The molecule has 4 heterocycles. The number of piperidine rings is 2. The lowest BCUT2D eigenvalue weighted by Crippen LogP contribution is -2.41. The van der Waals surface area contributed by atoms with Gasteiger partial charge in [-0.15, -0.1) is 11.3 Å². The van der Waals surface area contributed by atoms with Crippen molar-refractivity contribution < 1.29 is 31.9 Å². The Balaban J connectivity index is 0.835. The lowest BCUT2D eigenvalue weighted by molar-refractivity contribution is -0.134. The number of nitrogens with zero attached hydrogens (tertiary/aromatic N) is 4. The minimum Gasteiger partial charge on any atom is -0.490 e. The van der Waals surface area contributed by atoms with Gasteiger partial charge in [0.2, 0.25) is 27.8 Å². The highest BCUT2D eigenvalue weighted by Crippen LogP contribution is 2.42. The maximum atomic E-state index is 16.1. The van der Waals surface area contributed by atoms with E-state index in [9.17, 15) is 18.0 Å². The first kappa shape index (κ1) is 46.1. The third-order valence-electron chi connectivity index (χ3n) is 12.2. The van der Waals surface area contributed by atoms with Gasteiger partial charge >= 0.3 is 0 Å². The summed E-state index contributed by atoms with van der Waals surface area (Å²) in [5.74, 6) is 1.05. The molecule has 0 bridgehead atoms. The Kier molecular flexibility index (Phi) is 14.2. The van der Waals surface area contributed by atoms with E-state index in [1.165, 1.54) is 17.4 Å². The third kappa shape index (κ3) is 11.7. The second-order valence-corrected chi connectivity index (χ2v) is 21.2. The molecule has 3 fully saturated rings. The zero-order valence-corrected chi connectivity index (χ0v) is 39.1. The molecule has 3 aliphatic rings. The van der Waals surface area contributed by atoms with Crippen LogP contribution in [-0.4, -0.2) is 77.7 Å². The Labute approximate surface area is 385 Å². The number of sulfonamides is 1. The number of aromatic nitrogens is 3. The molecule has 2 amide bonds. The summed E-state index contributed by atoms with van der Waals surface area (Å²) in [4.78, 5) is 41.2. The molecule has 1 atom stereocenters. The van der Waals surface area contributed by atoms with Crippen LogP contribution in [0, 0.1) is 11.7 Å². The second kappa shape index (κ2) is 20.0. The van der Waals surface area contributed by atoms with Crippen LogP contribution >= 0.6 is 11.3 Å². The first-order valence-electron chi connectivity index (χ1n) is 22.7. The number of hydrogen-bond acceptors (Lipinski definition) is 12. The molecule has 5 aromatic rings. The number of ether oxygens (including phenoxy) is 2. The van der Waals surface area contributed by atoms with Crippen molar-refractivity contribution in [2.75, 3.05) is 35.4 Å². The van der Waals surface area contributed by atoms with Gasteiger partial charge in [-0.05, 0) is 105 Å². The van der Waals surface area contributed by atoms with Crippen LogP contribution in [0.4, 0.5) is 21.7 Å². The topological polar surface area (TPSA) is 165 Å². The van der Waals surface area contributed by atoms with E-state index in [1.54, 1.807) is 31.3 Å². The number of hydrogen-bond donors (Lipinski definition) is 3. The minimum absolute atomic E-state index is 0.106. The first-order chi connectivity index (χ1) is 31.2. The molecular weight excluding hydrogens is 866 g/mol. The van der Waals surface area contributed by atoms with Gasteiger partial charge in [0.05, 0.1) is 44.7 Å². The summed E-state index contributed by atoms with van der Waals surface area (Å²) in [5.41, 5.74) is 2.33. The average molecular weight is 924 g/mol. The van der Waals surface area contributed by atoms with Crippen molar-refractivity contribution in [2.24, 2.45) is 5.92 Å². The summed E-state index contributed by atoms with van der Waals surface area (Å²) in [6, 6.07) is 22.0. The summed E-state index contributed by atoms with van der Waals surface area (Å²) < 4.78 is 56.5. The smallest absolute Gasteiger partial charge is 0.234 e. The Hall–Kier alpha value is -5.45. The maximum absolute atomic E-state index is 16.1. The molecule has 1 aliphatic carbocycles. The number of anilines is 3. The zero-order chi connectivity index (χ0) is 45.7. The fourth-order valence-electron chi connectivity index (χ4n) is 8.78. The van der Waals surface area contributed by atoms with Crippen LogP contribution in [0.5, 0.6) is 11.5 Å². The van der Waals surface area contributed by atoms with Crippen molar-refractivity contribution >= 4 is 50.5 Å². The molecule has 8 rings (SSSR count). The van der Waals surface area contributed by atoms with Gasteiger partial charge in [-0.25, -0.2) is 27.8 Å². The minimum atomic E-state index is -3.72. The van der Waals surface area contributed by atoms with E-state index >= 15 is 4.39 Å². The summed E-state index contributed by atoms with van der Waals surface area (Å²) in [5, 5.41) is 6.55. The number of thiazole rings is 1. The van der Waals surface area contributed by atoms with Crippen molar-refractivity contribution in [3.05, 3.63) is 95.4 Å². The van der Waals surface area contributed by atoms with Crippen molar-refractivity contribution in [1.82, 2.24) is 25.2 Å². The predicted molar refractivity (Wildman–Crippen MR) is 253 cm³/mol. The lowest BCUT2D eigenvalue weighted by Gasteiger charge is -2.36. The highest BCUT2D eigenvalue weighted by molar-refractivity contribution is 7.92. The van der Waals surface area contributed by atoms with Gasteiger partial charge in [0, 0.05) is 55.0 Å².